The van der Waals surface area contributed by atoms with Gasteiger partial charge in [0.15, 0.2) is 0 Å². The molecule has 1 amide bonds. The third kappa shape index (κ3) is 8.45. The monoisotopic (exact) mass is 521 g/mol. The highest BCUT2D eigenvalue weighted by Crippen LogP contribution is 2.57. The van der Waals surface area contributed by atoms with Crippen LogP contribution in [0.2, 0.25) is 0 Å². The number of primary amides is 1. The zero-order valence-electron chi connectivity index (χ0n) is 24.3. The topological polar surface area (TPSA) is 122 Å². The highest BCUT2D eigenvalue weighted by molar-refractivity contribution is 5.79. The molecule has 2 fully saturated rings. The summed E-state index contributed by atoms with van der Waals surface area (Å²) in [4.78, 5) is 39.8. The molecule has 2 saturated carbocycles. The van der Waals surface area contributed by atoms with E-state index >= 15 is 0 Å². The SMILES string of the molecule is C=C(NC(C)(C)C)C(C)(C)CC(CC(CC1C(C)C2CC(C(=O)O)C1C2)C(N)=O)C(=O)OCCN(C)C. The Hall–Kier alpha value is -2.09. The first-order valence-electron chi connectivity index (χ1n) is 13.7. The van der Waals surface area contributed by atoms with Crippen LogP contribution >= 0.6 is 0 Å². The summed E-state index contributed by atoms with van der Waals surface area (Å²) in [5.41, 5.74) is 6.12. The van der Waals surface area contributed by atoms with Crippen LogP contribution in [-0.4, -0.2) is 60.6 Å². The van der Waals surface area contributed by atoms with E-state index in [0.717, 1.165) is 18.5 Å². The van der Waals surface area contributed by atoms with Crippen molar-refractivity contribution in [3.8, 4) is 0 Å². The Balaban J connectivity index is 2.23. The molecule has 2 aliphatic rings. The van der Waals surface area contributed by atoms with E-state index in [4.69, 9.17) is 10.5 Å². The van der Waals surface area contributed by atoms with E-state index in [-0.39, 0.29) is 35.9 Å². The molecule has 2 bridgehead atoms. The Morgan fingerprint density at radius 3 is 2.24 bits per heavy atom. The second-order valence-electron chi connectivity index (χ2n) is 13.5. The number of carboxylic acids is 1. The summed E-state index contributed by atoms with van der Waals surface area (Å²) in [5.74, 6) is -1.99. The number of likely N-dealkylation sites (N-methyl/N-ethyl adjacent to an activating group) is 1. The Kier molecular flexibility index (Phi) is 10.2. The fraction of sp³-hybridized carbons (Fsp3) is 0.828. The second kappa shape index (κ2) is 12.2. The molecular weight excluding hydrogens is 470 g/mol. The number of ether oxygens (including phenoxy) is 1. The van der Waals surface area contributed by atoms with Crippen molar-refractivity contribution in [2.24, 2.45) is 52.6 Å². The Morgan fingerprint density at radius 2 is 1.76 bits per heavy atom. The standard InChI is InChI=1S/C29H51N3O5/c1-17-19-13-23(24(14-19)26(34)35)22(17)15-20(25(30)33)12-21(27(36)37-11-10-32(8)9)16-29(6,7)18(2)31-28(3,4)5/h17,19-24,31H,2,10-16H2,1,3-9H3,(H2,30,33)(H,34,35). The minimum absolute atomic E-state index is 0.0667. The minimum atomic E-state index is -0.742. The van der Waals surface area contributed by atoms with E-state index in [1.807, 2.05) is 32.8 Å². The van der Waals surface area contributed by atoms with E-state index < -0.39 is 29.1 Å². The van der Waals surface area contributed by atoms with Gasteiger partial charge in [0, 0.05) is 29.1 Å². The number of carboxylic acid groups (broad SMARTS) is 1. The lowest BCUT2D eigenvalue weighted by Crippen LogP contribution is -2.41. The van der Waals surface area contributed by atoms with Gasteiger partial charge in [0.25, 0.3) is 0 Å². The number of aliphatic carboxylic acids is 1. The predicted molar refractivity (Wildman–Crippen MR) is 145 cm³/mol. The van der Waals surface area contributed by atoms with E-state index in [2.05, 4.69) is 39.6 Å². The van der Waals surface area contributed by atoms with Crippen molar-refractivity contribution in [1.29, 1.82) is 0 Å². The fourth-order valence-electron chi connectivity index (χ4n) is 6.50. The fourth-order valence-corrected chi connectivity index (χ4v) is 6.50. The van der Waals surface area contributed by atoms with Gasteiger partial charge in [-0.15, -0.1) is 0 Å². The maximum atomic E-state index is 13.3. The van der Waals surface area contributed by atoms with E-state index in [9.17, 15) is 19.5 Å². The number of hydrogen-bond donors (Lipinski definition) is 3. The molecule has 0 heterocycles. The quantitative estimate of drug-likeness (QED) is 0.296. The number of fused-ring (bicyclic) bond motifs is 2. The van der Waals surface area contributed by atoms with Gasteiger partial charge in [-0.2, -0.15) is 0 Å². The molecule has 4 N–H and O–H groups in total. The number of carbonyl (C=O) groups is 3. The molecule has 212 valence electrons. The number of nitrogens with two attached hydrogens (primary N) is 1. The summed E-state index contributed by atoms with van der Waals surface area (Å²) in [6, 6.07) is 0. The van der Waals surface area contributed by atoms with Crippen molar-refractivity contribution in [2.75, 3.05) is 27.2 Å². The van der Waals surface area contributed by atoms with Gasteiger partial charge in [-0.25, -0.2) is 0 Å². The molecule has 0 aromatic rings. The maximum Gasteiger partial charge on any atom is 0.309 e. The Labute approximate surface area is 223 Å². The van der Waals surface area contributed by atoms with Crippen molar-refractivity contribution < 1.29 is 24.2 Å². The van der Waals surface area contributed by atoms with Gasteiger partial charge in [0.2, 0.25) is 5.91 Å². The first-order valence-corrected chi connectivity index (χ1v) is 13.7. The van der Waals surface area contributed by atoms with Crippen molar-refractivity contribution >= 4 is 17.8 Å². The number of allylic oxidation sites excluding steroid dienone is 1. The third-order valence-corrected chi connectivity index (χ3v) is 8.68. The Bertz CT molecular complexity index is 847. The molecule has 2 rings (SSSR count). The molecule has 0 aliphatic heterocycles. The molecule has 0 radical (unpaired) electrons. The van der Waals surface area contributed by atoms with E-state index in [0.29, 0.717) is 37.6 Å². The van der Waals surface area contributed by atoms with Crippen molar-refractivity contribution in [3.63, 3.8) is 0 Å². The van der Waals surface area contributed by atoms with Gasteiger partial charge in [0.1, 0.15) is 6.61 Å². The smallest absolute Gasteiger partial charge is 0.309 e. The zero-order chi connectivity index (χ0) is 28.3. The molecule has 7 atom stereocenters. The van der Waals surface area contributed by atoms with Gasteiger partial charge in [-0.1, -0.05) is 27.4 Å². The van der Waals surface area contributed by atoms with Crippen LogP contribution in [0.15, 0.2) is 12.3 Å². The number of nitrogens with one attached hydrogen (secondary N) is 1. The number of nitrogens with zero attached hydrogens (tertiary/aromatic N) is 1. The minimum Gasteiger partial charge on any atom is -0.481 e. The third-order valence-electron chi connectivity index (χ3n) is 8.68. The first-order chi connectivity index (χ1) is 16.9. The van der Waals surface area contributed by atoms with Crippen LogP contribution in [-0.2, 0) is 19.1 Å². The van der Waals surface area contributed by atoms with E-state index in [1.165, 1.54) is 0 Å². The highest BCUT2D eigenvalue weighted by Gasteiger charge is 2.53. The number of carbonyl (C=O) groups excluding carboxylic acids is 2. The molecule has 2 aliphatic carbocycles. The van der Waals surface area contributed by atoms with Crippen LogP contribution in [0.1, 0.15) is 73.6 Å². The molecule has 0 aromatic heterocycles. The molecular formula is C29H51N3O5. The molecule has 0 spiro atoms. The van der Waals surface area contributed by atoms with Gasteiger partial charge in [-0.05, 0) is 90.6 Å². The predicted octanol–water partition coefficient (Wildman–Crippen LogP) is 3.90. The lowest BCUT2D eigenvalue weighted by Gasteiger charge is -2.37. The van der Waals surface area contributed by atoms with Gasteiger partial charge in [-0.3, -0.25) is 14.4 Å². The maximum absolute atomic E-state index is 13.3. The highest BCUT2D eigenvalue weighted by atomic mass is 16.5. The molecule has 8 nitrogen and oxygen atoms in total. The van der Waals surface area contributed by atoms with Crippen LogP contribution in [0.25, 0.3) is 0 Å². The average Bonchev–Trinajstić information content (AvgIpc) is 3.30. The number of esters is 1. The van der Waals surface area contributed by atoms with Crippen LogP contribution in [0.3, 0.4) is 0 Å². The van der Waals surface area contributed by atoms with E-state index in [1.54, 1.807) is 0 Å². The van der Waals surface area contributed by atoms with Crippen molar-refractivity contribution in [2.45, 2.75) is 79.2 Å². The van der Waals surface area contributed by atoms with Crippen LogP contribution in [0.5, 0.6) is 0 Å². The summed E-state index contributed by atoms with van der Waals surface area (Å²) in [6.07, 6.45) is 2.89. The van der Waals surface area contributed by atoms with Crippen molar-refractivity contribution in [3.05, 3.63) is 12.3 Å². The lowest BCUT2D eigenvalue weighted by molar-refractivity contribution is -0.150. The van der Waals surface area contributed by atoms with Gasteiger partial charge in [0.05, 0.1) is 11.8 Å². The molecule has 8 heteroatoms. The molecule has 0 aromatic carbocycles. The van der Waals surface area contributed by atoms with Crippen molar-refractivity contribution in [1.82, 2.24) is 10.2 Å². The summed E-state index contributed by atoms with van der Waals surface area (Å²) in [7, 11) is 3.83. The first kappa shape index (κ1) is 31.1. The second-order valence-corrected chi connectivity index (χ2v) is 13.5. The number of rotatable bonds is 14. The summed E-state index contributed by atoms with van der Waals surface area (Å²) >= 11 is 0. The number of hydrogen-bond acceptors (Lipinski definition) is 6. The van der Waals surface area contributed by atoms with Crippen LogP contribution in [0, 0.1) is 46.8 Å². The molecule has 7 unspecified atom stereocenters. The van der Waals surface area contributed by atoms with Crippen LogP contribution < -0.4 is 11.1 Å². The summed E-state index contributed by atoms with van der Waals surface area (Å²) in [6.45, 7) is 17.6. The Morgan fingerprint density at radius 1 is 1.14 bits per heavy atom. The van der Waals surface area contributed by atoms with Gasteiger partial charge < -0.3 is 25.8 Å². The van der Waals surface area contributed by atoms with Crippen LogP contribution in [0.4, 0.5) is 0 Å². The zero-order valence-corrected chi connectivity index (χ0v) is 24.3. The average molecular weight is 522 g/mol. The lowest BCUT2D eigenvalue weighted by atomic mass is 9.69. The largest absolute Gasteiger partial charge is 0.481 e. The molecule has 0 saturated heterocycles. The number of amides is 1. The normalized spacial score (nSPS) is 27.1. The summed E-state index contributed by atoms with van der Waals surface area (Å²) in [5, 5.41) is 13.1. The molecule has 37 heavy (non-hydrogen) atoms. The summed E-state index contributed by atoms with van der Waals surface area (Å²) < 4.78 is 5.65. The van der Waals surface area contributed by atoms with Gasteiger partial charge >= 0.3 is 11.9 Å².